The van der Waals surface area contributed by atoms with Gasteiger partial charge in [-0.3, -0.25) is 0 Å². The Morgan fingerprint density at radius 3 is 2.80 bits per heavy atom. The SMILES string of the molecule is CCNc1ccnc(N2C[C@H](C3CC3)[C@@H](N(C)C)C2)n1. The fourth-order valence-electron chi connectivity index (χ4n) is 3.29. The third kappa shape index (κ3) is 2.73. The van der Waals surface area contributed by atoms with E-state index in [0.717, 1.165) is 43.2 Å². The molecule has 0 unspecified atom stereocenters. The molecule has 5 heteroatoms. The third-order valence-electron chi connectivity index (χ3n) is 4.51. The van der Waals surface area contributed by atoms with Crippen molar-refractivity contribution in [2.45, 2.75) is 25.8 Å². The average molecular weight is 275 g/mol. The smallest absolute Gasteiger partial charge is 0.227 e. The van der Waals surface area contributed by atoms with Crippen LogP contribution in [0.3, 0.4) is 0 Å². The van der Waals surface area contributed by atoms with E-state index in [-0.39, 0.29) is 0 Å². The first kappa shape index (κ1) is 13.6. The van der Waals surface area contributed by atoms with Gasteiger partial charge in [0.15, 0.2) is 0 Å². The van der Waals surface area contributed by atoms with E-state index >= 15 is 0 Å². The summed E-state index contributed by atoms with van der Waals surface area (Å²) in [6.07, 6.45) is 4.66. The van der Waals surface area contributed by atoms with Crippen molar-refractivity contribution in [2.75, 3.05) is 43.9 Å². The second kappa shape index (κ2) is 5.56. The molecule has 110 valence electrons. The van der Waals surface area contributed by atoms with Crippen molar-refractivity contribution in [1.29, 1.82) is 0 Å². The monoisotopic (exact) mass is 275 g/mol. The van der Waals surface area contributed by atoms with Gasteiger partial charge in [0.25, 0.3) is 0 Å². The van der Waals surface area contributed by atoms with Crippen LogP contribution in [0, 0.1) is 11.8 Å². The predicted octanol–water partition coefficient (Wildman–Crippen LogP) is 1.68. The summed E-state index contributed by atoms with van der Waals surface area (Å²) in [4.78, 5) is 13.8. The van der Waals surface area contributed by atoms with E-state index in [1.807, 2.05) is 12.3 Å². The Bertz CT molecular complexity index is 447. The Balaban J connectivity index is 1.75. The van der Waals surface area contributed by atoms with Crippen LogP contribution in [-0.2, 0) is 0 Å². The third-order valence-corrected chi connectivity index (χ3v) is 4.51. The van der Waals surface area contributed by atoms with Crippen LogP contribution in [0.2, 0.25) is 0 Å². The number of nitrogens with one attached hydrogen (secondary N) is 1. The molecule has 20 heavy (non-hydrogen) atoms. The summed E-state index contributed by atoms with van der Waals surface area (Å²) in [5.74, 6) is 3.49. The highest BCUT2D eigenvalue weighted by Gasteiger charge is 2.43. The van der Waals surface area contributed by atoms with Crippen LogP contribution in [0.15, 0.2) is 12.3 Å². The van der Waals surface area contributed by atoms with Gasteiger partial charge >= 0.3 is 0 Å². The Morgan fingerprint density at radius 2 is 2.15 bits per heavy atom. The fourth-order valence-corrected chi connectivity index (χ4v) is 3.29. The predicted molar refractivity (Wildman–Crippen MR) is 82.1 cm³/mol. The molecule has 1 saturated carbocycles. The van der Waals surface area contributed by atoms with Gasteiger partial charge in [-0.25, -0.2) is 4.98 Å². The Morgan fingerprint density at radius 1 is 1.35 bits per heavy atom. The largest absolute Gasteiger partial charge is 0.370 e. The zero-order valence-electron chi connectivity index (χ0n) is 12.7. The molecular weight excluding hydrogens is 250 g/mol. The standard InChI is InChI=1S/C15H25N5/c1-4-16-14-7-8-17-15(18-14)20-9-12(11-5-6-11)13(10-20)19(2)3/h7-8,11-13H,4-6,9-10H2,1-3H3,(H,16,17,18)/t12-,13+/m1/s1. The molecular formula is C15H25N5. The van der Waals surface area contributed by atoms with E-state index in [0.29, 0.717) is 6.04 Å². The topological polar surface area (TPSA) is 44.3 Å². The minimum atomic E-state index is 0.633. The van der Waals surface area contributed by atoms with E-state index in [4.69, 9.17) is 0 Å². The van der Waals surface area contributed by atoms with Crippen molar-refractivity contribution in [3.63, 3.8) is 0 Å². The highest BCUT2D eigenvalue weighted by atomic mass is 15.3. The van der Waals surface area contributed by atoms with Crippen molar-refractivity contribution in [3.05, 3.63) is 12.3 Å². The van der Waals surface area contributed by atoms with Crippen LogP contribution in [0.5, 0.6) is 0 Å². The molecule has 2 atom stereocenters. The van der Waals surface area contributed by atoms with Crippen LogP contribution >= 0.6 is 0 Å². The van der Waals surface area contributed by atoms with Gasteiger partial charge in [-0.15, -0.1) is 0 Å². The highest BCUT2D eigenvalue weighted by molar-refractivity contribution is 5.42. The van der Waals surface area contributed by atoms with E-state index in [2.05, 4.69) is 46.1 Å². The second-order valence-corrected chi connectivity index (χ2v) is 6.21. The summed E-state index contributed by atoms with van der Waals surface area (Å²) in [5, 5.41) is 3.26. The highest BCUT2D eigenvalue weighted by Crippen LogP contribution is 2.43. The molecule has 5 nitrogen and oxygen atoms in total. The summed E-state index contributed by atoms with van der Waals surface area (Å²) in [5.41, 5.74) is 0. The van der Waals surface area contributed by atoms with Crippen LogP contribution in [0.1, 0.15) is 19.8 Å². The first-order valence-corrected chi connectivity index (χ1v) is 7.67. The van der Waals surface area contributed by atoms with Gasteiger partial charge in [0.2, 0.25) is 5.95 Å². The lowest BCUT2D eigenvalue weighted by atomic mass is 9.97. The van der Waals surface area contributed by atoms with Crippen LogP contribution in [0.25, 0.3) is 0 Å². The number of hydrogen-bond donors (Lipinski definition) is 1. The average Bonchev–Trinajstić information content (AvgIpc) is 3.18. The van der Waals surface area contributed by atoms with Crippen LogP contribution in [-0.4, -0.2) is 54.6 Å². The van der Waals surface area contributed by atoms with Gasteiger partial charge in [0.1, 0.15) is 5.82 Å². The maximum absolute atomic E-state index is 4.64. The van der Waals surface area contributed by atoms with Gasteiger partial charge in [0, 0.05) is 31.9 Å². The van der Waals surface area contributed by atoms with Crippen LogP contribution < -0.4 is 10.2 Å². The van der Waals surface area contributed by atoms with Crippen molar-refractivity contribution < 1.29 is 0 Å². The van der Waals surface area contributed by atoms with Gasteiger partial charge in [-0.2, -0.15) is 4.98 Å². The number of rotatable bonds is 5. The quantitative estimate of drug-likeness (QED) is 0.886. The van der Waals surface area contributed by atoms with Gasteiger partial charge in [-0.1, -0.05) is 0 Å². The maximum Gasteiger partial charge on any atom is 0.227 e. The van der Waals surface area contributed by atoms with Crippen molar-refractivity contribution in [3.8, 4) is 0 Å². The molecule has 2 fully saturated rings. The molecule has 3 rings (SSSR count). The molecule has 1 aromatic heterocycles. The lowest BCUT2D eigenvalue weighted by molar-refractivity contribution is 0.238. The molecule has 0 bridgehead atoms. The fraction of sp³-hybridized carbons (Fsp3) is 0.733. The summed E-state index contributed by atoms with van der Waals surface area (Å²) >= 11 is 0. The number of likely N-dealkylation sites (N-methyl/N-ethyl adjacent to an activating group) is 1. The van der Waals surface area contributed by atoms with E-state index in [1.54, 1.807) is 0 Å². The van der Waals surface area contributed by atoms with Gasteiger partial charge < -0.3 is 15.1 Å². The minimum absolute atomic E-state index is 0.633. The van der Waals surface area contributed by atoms with Crippen molar-refractivity contribution in [1.82, 2.24) is 14.9 Å². The molecule has 0 radical (unpaired) electrons. The minimum Gasteiger partial charge on any atom is -0.370 e. The number of aromatic nitrogens is 2. The molecule has 1 N–H and O–H groups in total. The summed E-state index contributed by atoms with van der Waals surface area (Å²) in [7, 11) is 4.39. The lowest BCUT2D eigenvalue weighted by Crippen LogP contribution is -2.36. The van der Waals surface area contributed by atoms with Crippen LogP contribution in [0.4, 0.5) is 11.8 Å². The van der Waals surface area contributed by atoms with Gasteiger partial charge in [0.05, 0.1) is 0 Å². The Labute approximate surface area is 121 Å². The number of nitrogens with zero attached hydrogens (tertiary/aromatic N) is 4. The normalized spacial score (nSPS) is 26.3. The molecule has 1 saturated heterocycles. The van der Waals surface area contributed by atoms with Gasteiger partial charge in [-0.05, 0) is 51.8 Å². The van der Waals surface area contributed by atoms with E-state index in [1.165, 1.54) is 12.8 Å². The molecule has 0 aromatic carbocycles. The first-order valence-electron chi connectivity index (χ1n) is 7.67. The number of hydrogen-bond acceptors (Lipinski definition) is 5. The zero-order chi connectivity index (χ0) is 14.1. The Kier molecular flexibility index (Phi) is 3.78. The maximum atomic E-state index is 4.64. The molecule has 2 heterocycles. The lowest BCUT2D eigenvalue weighted by Gasteiger charge is -2.24. The summed E-state index contributed by atoms with van der Waals surface area (Å²) < 4.78 is 0. The first-order chi connectivity index (χ1) is 9.69. The molecule has 1 aliphatic carbocycles. The Hall–Kier alpha value is -1.36. The molecule has 1 aliphatic heterocycles. The molecule has 1 aromatic rings. The zero-order valence-corrected chi connectivity index (χ0v) is 12.7. The molecule has 0 amide bonds. The molecule has 2 aliphatic rings. The van der Waals surface area contributed by atoms with E-state index < -0.39 is 0 Å². The van der Waals surface area contributed by atoms with Crippen molar-refractivity contribution >= 4 is 11.8 Å². The summed E-state index contributed by atoms with van der Waals surface area (Å²) in [6.45, 7) is 5.12. The van der Waals surface area contributed by atoms with Crippen molar-refractivity contribution in [2.24, 2.45) is 11.8 Å². The molecule has 0 spiro atoms. The number of anilines is 2. The second-order valence-electron chi connectivity index (χ2n) is 6.21. The van der Waals surface area contributed by atoms with E-state index in [9.17, 15) is 0 Å². The summed E-state index contributed by atoms with van der Waals surface area (Å²) in [6, 6.07) is 2.57.